The SMILES string of the molecule is CC1COCCN1c1ccccc1[C@@H](C)N. The van der Waals surface area contributed by atoms with Crippen LogP contribution in [0.15, 0.2) is 24.3 Å². The number of rotatable bonds is 2. The van der Waals surface area contributed by atoms with E-state index < -0.39 is 0 Å². The summed E-state index contributed by atoms with van der Waals surface area (Å²) in [4.78, 5) is 2.39. The minimum absolute atomic E-state index is 0.0752. The Labute approximate surface area is 97.2 Å². The summed E-state index contributed by atoms with van der Waals surface area (Å²) in [6.07, 6.45) is 0. The number of ether oxygens (including phenoxy) is 1. The highest BCUT2D eigenvalue weighted by molar-refractivity contribution is 5.55. The Kier molecular flexibility index (Phi) is 3.46. The lowest BCUT2D eigenvalue weighted by atomic mass is 10.0. The molecule has 1 aromatic carbocycles. The predicted molar refractivity (Wildman–Crippen MR) is 66.7 cm³/mol. The van der Waals surface area contributed by atoms with Crippen molar-refractivity contribution in [3.8, 4) is 0 Å². The first-order valence-electron chi connectivity index (χ1n) is 5.89. The maximum absolute atomic E-state index is 6.01. The van der Waals surface area contributed by atoms with Crippen LogP contribution in [0.2, 0.25) is 0 Å². The van der Waals surface area contributed by atoms with Crippen LogP contribution in [-0.2, 0) is 4.74 Å². The van der Waals surface area contributed by atoms with Gasteiger partial charge in [-0.15, -0.1) is 0 Å². The van der Waals surface area contributed by atoms with Crippen LogP contribution in [0.4, 0.5) is 5.69 Å². The van der Waals surface area contributed by atoms with E-state index in [2.05, 4.69) is 30.0 Å². The molecule has 0 bridgehead atoms. The number of benzene rings is 1. The molecule has 0 aromatic heterocycles. The van der Waals surface area contributed by atoms with Gasteiger partial charge in [-0.05, 0) is 25.5 Å². The molecular weight excluding hydrogens is 200 g/mol. The zero-order valence-corrected chi connectivity index (χ0v) is 10.0. The Hall–Kier alpha value is -1.06. The summed E-state index contributed by atoms with van der Waals surface area (Å²) in [5.74, 6) is 0. The third-order valence-electron chi connectivity index (χ3n) is 3.10. The fraction of sp³-hybridized carbons (Fsp3) is 0.538. The molecular formula is C13H20N2O. The number of nitrogens with two attached hydrogens (primary N) is 1. The molecule has 0 aliphatic carbocycles. The van der Waals surface area contributed by atoms with Gasteiger partial charge in [0.25, 0.3) is 0 Å². The number of morpholine rings is 1. The molecule has 1 saturated heterocycles. The van der Waals surface area contributed by atoms with Gasteiger partial charge >= 0.3 is 0 Å². The minimum Gasteiger partial charge on any atom is -0.377 e. The molecule has 16 heavy (non-hydrogen) atoms. The number of nitrogens with zero attached hydrogens (tertiary/aromatic N) is 1. The van der Waals surface area contributed by atoms with Gasteiger partial charge in [0, 0.05) is 24.3 Å². The average molecular weight is 220 g/mol. The van der Waals surface area contributed by atoms with Crippen LogP contribution in [0.3, 0.4) is 0 Å². The van der Waals surface area contributed by atoms with Crippen LogP contribution >= 0.6 is 0 Å². The number of hydrogen-bond acceptors (Lipinski definition) is 3. The molecule has 1 fully saturated rings. The Morgan fingerprint density at radius 1 is 1.44 bits per heavy atom. The second kappa shape index (κ2) is 4.85. The van der Waals surface area contributed by atoms with Gasteiger partial charge in [0.2, 0.25) is 0 Å². The van der Waals surface area contributed by atoms with Crippen LogP contribution in [0, 0.1) is 0 Å². The molecule has 0 saturated carbocycles. The lowest BCUT2D eigenvalue weighted by molar-refractivity contribution is 0.0988. The van der Waals surface area contributed by atoms with E-state index in [1.54, 1.807) is 0 Å². The summed E-state index contributed by atoms with van der Waals surface area (Å²) in [6.45, 7) is 6.77. The second-order valence-electron chi connectivity index (χ2n) is 4.46. The highest BCUT2D eigenvalue weighted by Gasteiger charge is 2.21. The lowest BCUT2D eigenvalue weighted by Crippen LogP contribution is -2.44. The molecule has 1 aliphatic rings. The van der Waals surface area contributed by atoms with Crippen LogP contribution < -0.4 is 10.6 Å². The van der Waals surface area contributed by atoms with Gasteiger partial charge in [0.15, 0.2) is 0 Å². The molecule has 0 amide bonds. The van der Waals surface area contributed by atoms with E-state index in [1.807, 2.05) is 13.0 Å². The van der Waals surface area contributed by atoms with Crippen molar-refractivity contribution in [1.29, 1.82) is 0 Å². The summed E-state index contributed by atoms with van der Waals surface area (Å²) in [5.41, 5.74) is 8.49. The molecule has 88 valence electrons. The van der Waals surface area contributed by atoms with Crippen molar-refractivity contribution in [2.24, 2.45) is 5.73 Å². The van der Waals surface area contributed by atoms with Crippen molar-refractivity contribution in [3.05, 3.63) is 29.8 Å². The molecule has 1 heterocycles. The third kappa shape index (κ3) is 2.20. The van der Waals surface area contributed by atoms with Gasteiger partial charge in [-0.2, -0.15) is 0 Å². The zero-order chi connectivity index (χ0) is 11.5. The lowest BCUT2D eigenvalue weighted by Gasteiger charge is -2.37. The van der Waals surface area contributed by atoms with Crippen molar-refractivity contribution >= 4 is 5.69 Å². The average Bonchev–Trinajstić information content (AvgIpc) is 2.29. The topological polar surface area (TPSA) is 38.5 Å². The Morgan fingerprint density at radius 3 is 2.88 bits per heavy atom. The van der Waals surface area contributed by atoms with Crippen LogP contribution in [0.5, 0.6) is 0 Å². The largest absolute Gasteiger partial charge is 0.377 e. The van der Waals surface area contributed by atoms with E-state index in [0.29, 0.717) is 6.04 Å². The van der Waals surface area contributed by atoms with E-state index in [-0.39, 0.29) is 6.04 Å². The van der Waals surface area contributed by atoms with Crippen LogP contribution in [0.1, 0.15) is 25.5 Å². The summed E-state index contributed by atoms with van der Waals surface area (Å²) < 4.78 is 5.46. The Balaban J connectivity index is 2.31. The van der Waals surface area contributed by atoms with Gasteiger partial charge in [0.05, 0.1) is 13.2 Å². The molecule has 1 aliphatic heterocycles. The van der Waals surface area contributed by atoms with Gasteiger partial charge in [-0.25, -0.2) is 0 Å². The molecule has 0 spiro atoms. The van der Waals surface area contributed by atoms with Crippen molar-refractivity contribution in [2.45, 2.75) is 25.9 Å². The zero-order valence-electron chi connectivity index (χ0n) is 10.0. The van der Waals surface area contributed by atoms with Gasteiger partial charge in [-0.1, -0.05) is 18.2 Å². The highest BCUT2D eigenvalue weighted by atomic mass is 16.5. The first-order valence-corrected chi connectivity index (χ1v) is 5.89. The van der Waals surface area contributed by atoms with Crippen molar-refractivity contribution in [2.75, 3.05) is 24.7 Å². The quantitative estimate of drug-likeness (QED) is 0.827. The predicted octanol–water partition coefficient (Wildman–Crippen LogP) is 1.93. The molecule has 2 N–H and O–H groups in total. The summed E-state index contributed by atoms with van der Waals surface area (Å²) in [5, 5.41) is 0. The number of para-hydroxylation sites is 1. The van der Waals surface area contributed by atoms with Gasteiger partial charge in [0.1, 0.15) is 0 Å². The third-order valence-corrected chi connectivity index (χ3v) is 3.10. The maximum Gasteiger partial charge on any atom is 0.0668 e. The van der Waals surface area contributed by atoms with Crippen LogP contribution in [0.25, 0.3) is 0 Å². The normalized spacial score (nSPS) is 23.2. The standard InChI is InChI=1S/C13H20N2O/c1-10-9-16-8-7-15(10)13-6-4-3-5-12(13)11(2)14/h3-6,10-11H,7-9,14H2,1-2H3/t10?,11-/m1/s1. The molecule has 3 heteroatoms. The van der Waals surface area contributed by atoms with Crippen molar-refractivity contribution < 1.29 is 4.74 Å². The Bertz CT molecular complexity index is 352. The first-order chi connectivity index (χ1) is 7.70. The second-order valence-corrected chi connectivity index (χ2v) is 4.46. The van der Waals surface area contributed by atoms with Crippen LogP contribution in [-0.4, -0.2) is 25.8 Å². The smallest absolute Gasteiger partial charge is 0.0668 e. The Morgan fingerprint density at radius 2 is 2.19 bits per heavy atom. The molecule has 1 unspecified atom stereocenters. The number of anilines is 1. The molecule has 0 radical (unpaired) electrons. The van der Waals surface area contributed by atoms with E-state index in [1.165, 1.54) is 11.3 Å². The van der Waals surface area contributed by atoms with E-state index in [4.69, 9.17) is 10.5 Å². The van der Waals surface area contributed by atoms with Gasteiger partial charge < -0.3 is 15.4 Å². The van der Waals surface area contributed by atoms with E-state index >= 15 is 0 Å². The molecule has 3 nitrogen and oxygen atoms in total. The fourth-order valence-corrected chi connectivity index (χ4v) is 2.22. The molecule has 2 rings (SSSR count). The fourth-order valence-electron chi connectivity index (χ4n) is 2.22. The monoisotopic (exact) mass is 220 g/mol. The summed E-state index contributed by atoms with van der Waals surface area (Å²) in [7, 11) is 0. The number of hydrogen-bond donors (Lipinski definition) is 1. The van der Waals surface area contributed by atoms with Crippen molar-refractivity contribution in [1.82, 2.24) is 0 Å². The minimum atomic E-state index is 0.0752. The van der Waals surface area contributed by atoms with E-state index in [9.17, 15) is 0 Å². The molecule has 1 aromatic rings. The summed E-state index contributed by atoms with van der Waals surface area (Å²) >= 11 is 0. The highest BCUT2D eigenvalue weighted by Crippen LogP contribution is 2.27. The molecule has 2 atom stereocenters. The van der Waals surface area contributed by atoms with Crippen molar-refractivity contribution in [3.63, 3.8) is 0 Å². The summed E-state index contributed by atoms with van der Waals surface area (Å²) in [6, 6.07) is 8.89. The van der Waals surface area contributed by atoms with Gasteiger partial charge in [-0.3, -0.25) is 0 Å². The first kappa shape index (κ1) is 11.4. The van der Waals surface area contributed by atoms with E-state index in [0.717, 1.165) is 19.8 Å². The maximum atomic E-state index is 6.01.